The molecule has 4 nitrogen and oxygen atoms in total. The van der Waals surface area contributed by atoms with Gasteiger partial charge >= 0.3 is 5.97 Å². The maximum atomic E-state index is 10.8. The van der Waals surface area contributed by atoms with E-state index in [1.54, 1.807) is 6.92 Å². The van der Waals surface area contributed by atoms with Crippen molar-refractivity contribution in [2.45, 2.75) is 13.3 Å². The zero-order valence-corrected chi connectivity index (χ0v) is 9.45. The minimum absolute atomic E-state index is 0.430. The second-order valence-corrected chi connectivity index (χ2v) is 4.17. The number of rotatable bonds is 3. The second kappa shape index (κ2) is 4.14. The number of fused-ring (bicyclic) bond motifs is 1. The maximum absolute atomic E-state index is 10.8. The standard InChI is InChI=1S/C11H11ClN2O2/c1-6(11(15)16)5-7-3-2-4-8-9(7)13-14-10(8)12/h2-4,6H,5H2,1H3,(H,13,14)(H,15,16). The number of aliphatic carboxylic acids is 1. The van der Waals surface area contributed by atoms with Gasteiger partial charge in [-0.25, -0.2) is 0 Å². The number of halogens is 1. The lowest BCUT2D eigenvalue weighted by atomic mass is 10.00. The van der Waals surface area contributed by atoms with Crippen molar-refractivity contribution in [1.29, 1.82) is 0 Å². The lowest BCUT2D eigenvalue weighted by molar-refractivity contribution is -0.141. The summed E-state index contributed by atoms with van der Waals surface area (Å²) in [5, 5.41) is 17.0. The number of H-pyrrole nitrogens is 1. The Labute approximate surface area is 97.2 Å². The Morgan fingerprint density at radius 1 is 1.62 bits per heavy atom. The summed E-state index contributed by atoms with van der Waals surface area (Å²) in [6.07, 6.45) is 0.452. The lowest BCUT2D eigenvalue weighted by Gasteiger charge is -2.06. The molecule has 0 saturated carbocycles. The largest absolute Gasteiger partial charge is 0.481 e. The SMILES string of the molecule is CC(Cc1cccc2c(Cl)[nH]nc12)C(=O)O. The molecule has 0 fully saturated rings. The van der Waals surface area contributed by atoms with Crippen molar-refractivity contribution in [2.24, 2.45) is 5.92 Å². The molecule has 5 heteroatoms. The molecule has 0 amide bonds. The van der Waals surface area contributed by atoms with E-state index < -0.39 is 11.9 Å². The van der Waals surface area contributed by atoms with E-state index in [2.05, 4.69) is 10.2 Å². The van der Waals surface area contributed by atoms with Gasteiger partial charge in [-0.1, -0.05) is 30.7 Å². The van der Waals surface area contributed by atoms with E-state index in [0.717, 1.165) is 16.5 Å². The molecule has 2 aromatic rings. The van der Waals surface area contributed by atoms with Gasteiger partial charge in [0.15, 0.2) is 0 Å². The number of nitrogens with one attached hydrogen (secondary N) is 1. The minimum atomic E-state index is -0.807. The number of carboxylic acids is 1. The van der Waals surface area contributed by atoms with Crippen LogP contribution in [-0.2, 0) is 11.2 Å². The number of aromatic amines is 1. The van der Waals surface area contributed by atoms with Gasteiger partial charge in [-0.2, -0.15) is 5.10 Å². The molecule has 2 N–H and O–H groups in total. The third-order valence-electron chi connectivity index (χ3n) is 2.57. The van der Waals surface area contributed by atoms with Gasteiger partial charge in [0.2, 0.25) is 0 Å². The van der Waals surface area contributed by atoms with Crippen LogP contribution in [0.2, 0.25) is 5.15 Å². The topological polar surface area (TPSA) is 66.0 Å². The van der Waals surface area contributed by atoms with Crippen LogP contribution in [0.25, 0.3) is 10.9 Å². The summed E-state index contributed by atoms with van der Waals surface area (Å²) in [7, 11) is 0. The first-order valence-corrected chi connectivity index (χ1v) is 5.31. The van der Waals surface area contributed by atoms with Crippen LogP contribution in [0.5, 0.6) is 0 Å². The third-order valence-corrected chi connectivity index (χ3v) is 2.86. The summed E-state index contributed by atoms with van der Waals surface area (Å²) in [4.78, 5) is 10.8. The molecule has 1 aromatic carbocycles. The van der Waals surface area contributed by atoms with Crippen LogP contribution in [0.15, 0.2) is 18.2 Å². The van der Waals surface area contributed by atoms with Gasteiger partial charge in [-0.15, -0.1) is 0 Å². The molecule has 1 heterocycles. The number of benzene rings is 1. The van der Waals surface area contributed by atoms with Gasteiger partial charge in [0.25, 0.3) is 0 Å². The molecule has 0 aliphatic carbocycles. The Bertz CT molecular complexity index is 536. The van der Waals surface area contributed by atoms with Crippen LogP contribution in [-0.4, -0.2) is 21.3 Å². The zero-order chi connectivity index (χ0) is 11.7. The normalized spacial score (nSPS) is 12.9. The molecule has 0 saturated heterocycles. The van der Waals surface area contributed by atoms with Gasteiger partial charge in [-0.3, -0.25) is 9.89 Å². The molecule has 1 aromatic heterocycles. The summed E-state index contributed by atoms with van der Waals surface area (Å²) < 4.78 is 0. The molecule has 16 heavy (non-hydrogen) atoms. The number of aromatic nitrogens is 2. The van der Waals surface area contributed by atoms with Crippen molar-refractivity contribution >= 4 is 28.5 Å². The van der Waals surface area contributed by atoms with Crippen molar-refractivity contribution in [3.63, 3.8) is 0 Å². The second-order valence-electron chi connectivity index (χ2n) is 3.79. The maximum Gasteiger partial charge on any atom is 0.306 e. The van der Waals surface area contributed by atoms with Gasteiger partial charge in [0, 0.05) is 5.39 Å². The van der Waals surface area contributed by atoms with Crippen molar-refractivity contribution in [2.75, 3.05) is 0 Å². The molecule has 84 valence electrons. The van der Waals surface area contributed by atoms with Crippen LogP contribution >= 0.6 is 11.6 Å². The highest BCUT2D eigenvalue weighted by molar-refractivity contribution is 6.34. The van der Waals surface area contributed by atoms with E-state index in [1.165, 1.54) is 0 Å². The molecule has 1 unspecified atom stereocenters. The third kappa shape index (κ3) is 1.88. The average molecular weight is 239 g/mol. The Morgan fingerprint density at radius 3 is 3.06 bits per heavy atom. The highest BCUT2D eigenvalue weighted by Crippen LogP contribution is 2.24. The lowest BCUT2D eigenvalue weighted by Crippen LogP contribution is -2.12. The number of nitrogens with zero attached hydrogens (tertiary/aromatic N) is 1. The van der Waals surface area contributed by atoms with E-state index in [9.17, 15) is 4.79 Å². The van der Waals surface area contributed by atoms with Crippen molar-refractivity contribution < 1.29 is 9.90 Å². The molecule has 2 rings (SSSR count). The minimum Gasteiger partial charge on any atom is -0.481 e. The van der Waals surface area contributed by atoms with Crippen molar-refractivity contribution in [1.82, 2.24) is 10.2 Å². The van der Waals surface area contributed by atoms with Gasteiger partial charge in [-0.05, 0) is 18.1 Å². The molecular weight excluding hydrogens is 228 g/mol. The fraction of sp³-hybridized carbons (Fsp3) is 0.273. The Balaban J connectivity index is 2.41. The van der Waals surface area contributed by atoms with Crippen LogP contribution < -0.4 is 0 Å². The molecule has 0 spiro atoms. The predicted octanol–water partition coefficient (Wildman–Crippen LogP) is 2.48. The Kier molecular flexibility index (Phi) is 2.83. The first-order chi connectivity index (χ1) is 7.59. The summed E-state index contributed by atoms with van der Waals surface area (Å²) in [5.74, 6) is -1.24. The summed E-state index contributed by atoms with van der Waals surface area (Å²) in [5.41, 5.74) is 1.65. The Morgan fingerprint density at radius 2 is 2.38 bits per heavy atom. The van der Waals surface area contributed by atoms with Gasteiger partial charge in [0.1, 0.15) is 5.15 Å². The van der Waals surface area contributed by atoms with Crippen LogP contribution in [0.3, 0.4) is 0 Å². The highest BCUT2D eigenvalue weighted by Gasteiger charge is 2.15. The predicted molar refractivity (Wildman–Crippen MR) is 61.6 cm³/mol. The summed E-state index contributed by atoms with van der Waals surface area (Å²) in [6, 6.07) is 5.59. The molecule has 0 bridgehead atoms. The summed E-state index contributed by atoms with van der Waals surface area (Å²) >= 11 is 5.91. The fourth-order valence-electron chi connectivity index (χ4n) is 1.65. The number of carbonyl (C=O) groups is 1. The van der Waals surface area contributed by atoms with E-state index in [1.807, 2.05) is 18.2 Å². The fourth-order valence-corrected chi connectivity index (χ4v) is 1.84. The summed E-state index contributed by atoms with van der Waals surface area (Å²) in [6.45, 7) is 1.68. The molecule has 0 radical (unpaired) electrons. The smallest absolute Gasteiger partial charge is 0.306 e. The number of hydrogen-bond donors (Lipinski definition) is 2. The highest BCUT2D eigenvalue weighted by atomic mass is 35.5. The van der Waals surface area contributed by atoms with Crippen LogP contribution in [0.4, 0.5) is 0 Å². The average Bonchev–Trinajstić information content (AvgIpc) is 2.62. The van der Waals surface area contributed by atoms with Crippen molar-refractivity contribution in [3.8, 4) is 0 Å². The molecule has 0 aliphatic rings. The number of hydrogen-bond acceptors (Lipinski definition) is 2. The first kappa shape index (κ1) is 11.0. The van der Waals surface area contributed by atoms with E-state index >= 15 is 0 Å². The molecule has 1 atom stereocenters. The number of para-hydroxylation sites is 1. The Hall–Kier alpha value is -1.55. The van der Waals surface area contributed by atoms with Gasteiger partial charge < -0.3 is 5.11 Å². The van der Waals surface area contributed by atoms with Crippen LogP contribution in [0.1, 0.15) is 12.5 Å². The zero-order valence-electron chi connectivity index (χ0n) is 8.70. The first-order valence-electron chi connectivity index (χ1n) is 4.94. The monoisotopic (exact) mass is 238 g/mol. The molecular formula is C11H11ClN2O2. The van der Waals surface area contributed by atoms with E-state index in [0.29, 0.717) is 11.6 Å². The van der Waals surface area contributed by atoms with Crippen LogP contribution in [0, 0.1) is 5.92 Å². The van der Waals surface area contributed by atoms with E-state index in [4.69, 9.17) is 16.7 Å². The van der Waals surface area contributed by atoms with Gasteiger partial charge in [0.05, 0.1) is 11.4 Å². The number of carboxylic acid groups (broad SMARTS) is 1. The molecule has 0 aliphatic heterocycles. The van der Waals surface area contributed by atoms with E-state index in [-0.39, 0.29) is 0 Å². The van der Waals surface area contributed by atoms with Crippen molar-refractivity contribution in [3.05, 3.63) is 28.9 Å². The quantitative estimate of drug-likeness (QED) is 0.863.